The number of hydrogen-bond acceptors (Lipinski definition) is 6. The van der Waals surface area contributed by atoms with Crippen LogP contribution in [-0.4, -0.2) is 48.1 Å². The lowest BCUT2D eigenvalue weighted by Gasteiger charge is -2.14. The van der Waals surface area contributed by atoms with Gasteiger partial charge in [0.15, 0.2) is 11.5 Å². The summed E-state index contributed by atoms with van der Waals surface area (Å²) < 4.78 is 10.5. The van der Waals surface area contributed by atoms with Crippen molar-refractivity contribution in [3.63, 3.8) is 0 Å². The lowest BCUT2D eigenvalue weighted by Crippen LogP contribution is -2.28. The Balaban J connectivity index is 1.61. The Labute approximate surface area is 147 Å². The van der Waals surface area contributed by atoms with Gasteiger partial charge in [-0.25, -0.2) is 9.97 Å². The van der Waals surface area contributed by atoms with Crippen LogP contribution in [0.15, 0.2) is 30.6 Å². The van der Waals surface area contributed by atoms with E-state index in [-0.39, 0.29) is 5.91 Å². The van der Waals surface area contributed by atoms with Crippen molar-refractivity contribution in [2.75, 3.05) is 32.6 Å². The number of methoxy groups -OCH3 is 2. The molecule has 2 heterocycles. The molecule has 1 fully saturated rings. The molecule has 0 bridgehead atoms. The first-order chi connectivity index (χ1) is 12.2. The monoisotopic (exact) mass is 342 g/mol. The zero-order valence-corrected chi connectivity index (χ0v) is 14.5. The Bertz CT molecular complexity index is 728. The maximum Gasteiger partial charge on any atom is 0.274 e. The normalized spacial score (nSPS) is 13.6. The molecule has 132 valence electrons. The van der Waals surface area contributed by atoms with Gasteiger partial charge in [-0.1, -0.05) is 6.07 Å². The molecule has 1 aromatic heterocycles. The van der Waals surface area contributed by atoms with Gasteiger partial charge in [0.05, 0.1) is 26.6 Å². The number of carbonyl (C=O) groups is 1. The fourth-order valence-electron chi connectivity index (χ4n) is 2.80. The molecule has 3 rings (SSSR count). The van der Waals surface area contributed by atoms with E-state index < -0.39 is 0 Å². The molecule has 25 heavy (non-hydrogen) atoms. The van der Waals surface area contributed by atoms with Crippen molar-refractivity contribution in [2.45, 2.75) is 19.4 Å². The molecule has 0 saturated carbocycles. The van der Waals surface area contributed by atoms with E-state index in [1.165, 1.54) is 6.20 Å². The molecule has 0 spiro atoms. The molecule has 1 aliphatic heterocycles. The van der Waals surface area contributed by atoms with E-state index in [1.807, 2.05) is 23.1 Å². The molecule has 0 radical (unpaired) electrons. The van der Waals surface area contributed by atoms with Crippen LogP contribution in [0.4, 0.5) is 5.82 Å². The fraction of sp³-hybridized carbons (Fsp3) is 0.389. The van der Waals surface area contributed by atoms with Gasteiger partial charge in [-0.05, 0) is 30.5 Å². The number of rotatable bonds is 6. The molecule has 1 aromatic carbocycles. The number of anilines is 1. The molecule has 7 nitrogen and oxygen atoms in total. The third-order valence-electron chi connectivity index (χ3n) is 4.19. The van der Waals surface area contributed by atoms with Crippen LogP contribution in [-0.2, 0) is 6.54 Å². The first kappa shape index (κ1) is 17.0. The van der Waals surface area contributed by atoms with Gasteiger partial charge in [0, 0.05) is 19.6 Å². The van der Waals surface area contributed by atoms with Gasteiger partial charge in [0.1, 0.15) is 11.5 Å². The van der Waals surface area contributed by atoms with Crippen LogP contribution in [0.2, 0.25) is 0 Å². The average Bonchev–Trinajstić information content (AvgIpc) is 3.20. The number of nitrogens with one attached hydrogen (secondary N) is 1. The van der Waals surface area contributed by atoms with Crippen LogP contribution in [0.5, 0.6) is 11.5 Å². The fourth-order valence-corrected chi connectivity index (χ4v) is 2.80. The second-order valence-electron chi connectivity index (χ2n) is 5.83. The average molecular weight is 342 g/mol. The molecular formula is C18H22N4O3. The summed E-state index contributed by atoms with van der Waals surface area (Å²) in [4.78, 5) is 22.6. The Morgan fingerprint density at radius 3 is 2.52 bits per heavy atom. The van der Waals surface area contributed by atoms with E-state index in [0.29, 0.717) is 29.6 Å². The number of amides is 1. The number of ether oxygens (including phenoxy) is 2. The van der Waals surface area contributed by atoms with Crippen molar-refractivity contribution < 1.29 is 14.3 Å². The third kappa shape index (κ3) is 3.99. The quantitative estimate of drug-likeness (QED) is 0.868. The lowest BCUT2D eigenvalue weighted by molar-refractivity contribution is 0.0786. The summed E-state index contributed by atoms with van der Waals surface area (Å²) in [5.41, 5.74) is 1.41. The van der Waals surface area contributed by atoms with Crippen molar-refractivity contribution in [3.8, 4) is 11.5 Å². The summed E-state index contributed by atoms with van der Waals surface area (Å²) >= 11 is 0. The number of nitrogens with zero attached hydrogens (tertiary/aromatic N) is 3. The van der Waals surface area contributed by atoms with Crippen LogP contribution in [0.3, 0.4) is 0 Å². The van der Waals surface area contributed by atoms with E-state index >= 15 is 0 Å². The van der Waals surface area contributed by atoms with Crippen LogP contribution < -0.4 is 14.8 Å². The van der Waals surface area contributed by atoms with Crippen LogP contribution in [0.1, 0.15) is 28.9 Å². The minimum atomic E-state index is -0.0450. The number of benzene rings is 1. The number of aromatic nitrogens is 2. The largest absolute Gasteiger partial charge is 0.493 e. The summed E-state index contributed by atoms with van der Waals surface area (Å²) in [6.07, 6.45) is 5.23. The van der Waals surface area contributed by atoms with Crippen molar-refractivity contribution in [2.24, 2.45) is 0 Å². The molecular weight excluding hydrogens is 320 g/mol. The molecule has 1 aliphatic rings. The molecule has 0 atom stereocenters. The first-order valence-electron chi connectivity index (χ1n) is 8.27. The maximum atomic E-state index is 12.2. The molecule has 0 unspecified atom stereocenters. The van der Waals surface area contributed by atoms with Crippen molar-refractivity contribution in [1.29, 1.82) is 0 Å². The molecule has 2 aromatic rings. The predicted octanol–water partition coefficient (Wildman–Crippen LogP) is 2.34. The van der Waals surface area contributed by atoms with Gasteiger partial charge in [-0.15, -0.1) is 0 Å². The second-order valence-corrected chi connectivity index (χ2v) is 5.83. The third-order valence-corrected chi connectivity index (χ3v) is 4.19. The summed E-state index contributed by atoms with van der Waals surface area (Å²) in [5, 5.41) is 3.19. The minimum Gasteiger partial charge on any atom is -0.493 e. The number of likely N-dealkylation sites (tertiary alicyclic amines) is 1. The van der Waals surface area contributed by atoms with Gasteiger partial charge in [0.2, 0.25) is 0 Å². The van der Waals surface area contributed by atoms with Crippen molar-refractivity contribution in [1.82, 2.24) is 14.9 Å². The topological polar surface area (TPSA) is 76.6 Å². The van der Waals surface area contributed by atoms with Gasteiger partial charge < -0.3 is 19.7 Å². The van der Waals surface area contributed by atoms with Gasteiger partial charge in [-0.3, -0.25) is 4.79 Å². The van der Waals surface area contributed by atoms with E-state index in [9.17, 15) is 4.79 Å². The lowest BCUT2D eigenvalue weighted by atomic mass is 10.2. The number of hydrogen-bond donors (Lipinski definition) is 1. The highest BCUT2D eigenvalue weighted by molar-refractivity contribution is 5.92. The first-order valence-corrected chi connectivity index (χ1v) is 8.27. The summed E-state index contributed by atoms with van der Waals surface area (Å²) in [6.45, 7) is 2.17. The van der Waals surface area contributed by atoms with Gasteiger partial charge in [-0.2, -0.15) is 0 Å². The van der Waals surface area contributed by atoms with Crippen LogP contribution >= 0.6 is 0 Å². The van der Waals surface area contributed by atoms with E-state index in [0.717, 1.165) is 31.5 Å². The van der Waals surface area contributed by atoms with Crippen molar-refractivity contribution in [3.05, 3.63) is 41.9 Å². The van der Waals surface area contributed by atoms with E-state index in [1.54, 1.807) is 20.4 Å². The summed E-state index contributed by atoms with van der Waals surface area (Å²) in [6, 6.07) is 5.72. The highest BCUT2D eigenvalue weighted by atomic mass is 16.5. The summed E-state index contributed by atoms with van der Waals surface area (Å²) in [7, 11) is 3.22. The molecule has 7 heteroatoms. The molecule has 1 N–H and O–H groups in total. The van der Waals surface area contributed by atoms with Gasteiger partial charge in [0.25, 0.3) is 5.91 Å². The van der Waals surface area contributed by atoms with E-state index in [2.05, 4.69) is 15.3 Å². The SMILES string of the molecule is COc1ccc(CNc2cnc(C(=O)N3CCCC3)cn2)cc1OC. The Morgan fingerprint density at radius 2 is 1.88 bits per heavy atom. The summed E-state index contributed by atoms with van der Waals surface area (Å²) in [5.74, 6) is 1.94. The highest BCUT2D eigenvalue weighted by Gasteiger charge is 2.20. The maximum absolute atomic E-state index is 12.2. The van der Waals surface area contributed by atoms with Crippen molar-refractivity contribution >= 4 is 11.7 Å². The highest BCUT2D eigenvalue weighted by Crippen LogP contribution is 2.27. The minimum absolute atomic E-state index is 0.0450. The molecule has 1 saturated heterocycles. The Hall–Kier alpha value is -2.83. The number of carbonyl (C=O) groups excluding carboxylic acids is 1. The van der Waals surface area contributed by atoms with Crippen LogP contribution in [0, 0.1) is 0 Å². The zero-order valence-electron chi connectivity index (χ0n) is 14.5. The van der Waals surface area contributed by atoms with Crippen LogP contribution in [0.25, 0.3) is 0 Å². The van der Waals surface area contributed by atoms with Gasteiger partial charge >= 0.3 is 0 Å². The Morgan fingerprint density at radius 1 is 1.12 bits per heavy atom. The second kappa shape index (κ2) is 7.83. The zero-order chi connectivity index (χ0) is 17.6. The Kier molecular flexibility index (Phi) is 5.33. The standard InChI is InChI=1S/C18H22N4O3/c1-24-15-6-5-13(9-16(15)25-2)10-20-17-12-19-14(11-21-17)18(23)22-7-3-4-8-22/h5-6,9,11-12H,3-4,7-8,10H2,1-2H3,(H,20,21). The molecule has 0 aliphatic carbocycles. The molecule has 1 amide bonds. The smallest absolute Gasteiger partial charge is 0.274 e. The predicted molar refractivity (Wildman–Crippen MR) is 94.0 cm³/mol. The van der Waals surface area contributed by atoms with E-state index in [4.69, 9.17) is 9.47 Å².